The van der Waals surface area contributed by atoms with Crippen molar-refractivity contribution in [2.75, 3.05) is 13.2 Å². The number of carbonyl (C=O) groups is 1. The van der Waals surface area contributed by atoms with Crippen molar-refractivity contribution < 1.29 is 14.6 Å². The van der Waals surface area contributed by atoms with Crippen LogP contribution in [0.25, 0.3) is 0 Å². The first kappa shape index (κ1) is 14.5. The third-order valence-corrected chi connectivity index (χ3v) is 4.71. The van der Waals surface area contributed by atoms with E-state index in [0.29, 0.717) is 19.6 Å². The van der Waals surface area contributed by atoms with E-state index < -0.39 is 6.10 Å². The number of rotatable bonds is 5. The van der Waals surface area contributed by atoms with Crippen molar-refractivity contribution >= 4 is 5.91 Å². The van der Waals surface area contributed by atoms with Crippen LogP contribution in [0.3, 0.4) is 0 Å². The van der Waals surface area contributed by atoms with E-state index >= 15 is 0 Å². The Morgan fingerprint density at radius 1 is 1.33 bits per heavy atom. The summed E-state index contributed by atoms with van der Waals surface area (Å²) in [5, 5.41) is 12.9. The van der Waals surface area contributed by atoms with Crippen LogP contribution in [0, 0.1) is 5.41 Å². The summed E-state index contributed by atoms with van der Waals surface area (Å²) in [5.74, 6) is 0.115. The summed E-state index contributed by atoms with van der Waals surface area (Å²) in [4.78, 5) is 12.5. The van der Waals surface area contributed by atoms with Crippen molar-refractivity contribution in [2.24, 2.45) is 5.41 Å². The van der Waals surface area contributed by atoms with Gasteiger partial charge in [0.15, 0.2) is 0 Å². The van der Waals surface area contributed by atoms with E-state index in [1.54, 1.807) is 0 Å². The average molecular weight is 289 g/mol. The predicted octanol–water partition coefficient (Wildman–Crippen LogP) is 1.67. The van der Waals surface area contributed by atoms with E-state index in [4.69, 9.17) is 4.74 Å². The Morgan fingerprint density at radius 3 is 2.76 bits per heavy atom. The molecule has 1 heterocycles. The second-order valence-corrected chi connectivity index (χ2v) is 6.28. The Bertz CT molecular complexity index is 484. The smallest absolute Gasteiger partial charge is 0.226 e. The highest BCUT2D eigenvalue weighted by atomic mass is 16.5. The van der Waals surface area contributed by atoms with Crippen LogP contribution in [0.1, 0.15) is 31.2 Å². The van der Waals surface area contributed by atoms with Crippen molar-refractivity contribution in [3.63, 3.8) is 0 Å². The molecule has 0 unspecified atom stereocenters. The van der Waals surface area contributed by atoms with Gasteiger partial charge in [0.05, 0.1) is 18.8 Å². The van der Waals surface area contributed by atoms with E-state index in [1.165, 1.54) is 5.56 Å². The molecule has 1 aromatic carbocycles. The second kappa shape index (κ2) is 6.16. The molecule has 1 aromatic rings. The lowest BCUT2D eigenvalue weighted by atomic mass is 9.94. The van der Waals surface area contributed by atoms with Gasteiger partial charge in [0.2, 0.25) is 5.91 Å². The third-order valence-electron chi connectivity index (χ3n) is 4.71. The van der Waals surface area contributed by atoms with Crippen LogP contribution < -0.4 is 5.32 Å². The first-order valence-electron chi connectivity index (χ1n) is 7.80. The molecule has 0 spiro atoms. The molecule has 1 saturated carbocycles. The number of aliphatic hydroxyl groups excluding tert-OH is 1. The van der Waals surface area contributed by atoms with Crippen LogP contribution in [0.5, 0.6) is 0 Å². The van der Waals surface area contributed by atoms with Crippen LogP contribution in [-0.4, -0.2) is 36.4 Å². The first-order valence-corrected chi connectivity index (χ1v) is 7.80. The topological polar surface area (TPSA) is 58.6 Å². The van der Waals surface area contributed by atoms with E-state index in [0.717, 1.165) is 25.7 Å². The summed E-state index contributed by atoms with van der Waals surface area (Å²) < 4.78 is 5.20. The quantitative estimate of drug-likeness (QED) is 0.867. The minimum absolute atomic E-state index is 0.115. The molecule has 2 aliphatic rings. The number of aryl methyl sites for hydroxylation is 1. The lowest BCUT2D eigenvalue weighted by Crippen LogP contribution is -2.50. The molecule has 1 aliphatic carbocycles. The summed E-state index contributed by atoms with van der Waals surface area (Å²) in [5.41, 5.74) is 1.08. The standard InChI is InChI=1S/C17H23NO3/c19-15-12-21-11-7-14(15)18-16(20)17(9-10-17)8-6-13-4-2-1-3-5-13/h1-5,14-15,19H,6-12H2,(H,18,20)/t14-,15-/m1/s1. The fourth-order valence-corrected chi connectivity index (χ4v) is 2.98. The molecule has 114 valence electrons. The lowest BCUT2D eigenvalue weighted by molar-refractivity contribution is -0.129. The summed E-state index contributed by atoms with van der Waals surface area (Å²) in [6.07, 6.45) is 3.87. The van der Waals surface area contributed by atoms with Gasteiger partial charge in [-0.25, -0.2) is 0 Å². The average Bonchev–Trinajstić information content (AvgIpc) is 3.30. The summed E-state index contributed by atoms with van der Waals surface area (Å²) in [6, 6.07) is 10.1. The molecular weight excluding hydrogens is 266 g/mol. The SMILES string of the molecule is O=C(N[C@@H]1CCOC[C@H]1O)C1(CCc2ccccc2)CC1. The van der Waals surface area contributed by atoms with Gasteiger partial charge in [-0.2, -0.15) is 0 Å². The van der Waals surface area contributed by atoms with Gasteiger partial charge in [-0.15, -0.1) is 0 Å². The van der Waals surface area contributed by atoms with Gasteiger partial charge in [-0.05, 0) is 37.7 Å². The van der Waals surface area contributed by atoms with E-state index in [-0.39, 0.29) is 17.4 Å². The molecule has 0 bridgehead atoms. The zero-order valence-electron chi connectivity index (χ0n) is 12.3. The maximum absolute atomic E-state index is 12.5. The lowest BCUT2D eigenvalue weighted by Gasteiger charge is -2.30. The largest absolute Gasteiger partial charge is 0.389 e. The predicted molar refractivity (Wildman–Crippen MR) is 79.8 cm³/mol. The molecule has 21 heavy (non-hydrogen) atoms. The number of amides is 1. The third kappa shape index (κ3) is 3.44. The summed E-state index contributed by atoms with van der Waals surface area (Å²) >= 11 is 0. The molecule has 1 amide bonds. The number of carbonyl (C=O) groups excluding carboxylic acids is 1. The molecular formula is C17H23NO3. The van der Waals surface area contributed by atoms with Gasteiger partial charge >= 0.3 is 0 Å². The highest BCUT2D eigenvalue weighted by Crippen LogP contribution is 2.49. The monoisotopic (exact) mass is 289 g/mol. The maximum Gasteiger partial charge on any atom is 0.226 e. The molecule has 4 nitrogen and oxygen atoms in total. The molecule has 2 fully saturated rings. The van der Waals surface area contributed by atoms with Crippen molar-refractivity contribution in [1.29, 1.82) is 0 Å². The van der Waals surface area contributed by atoms with Crippen LogP contribution in [0.2, 0.25) is 0 Å². The Balaban J connectivity index is 1.54. The second-order valence-electron chi connectivity index (χ2n) is 6.28. The van der Waals surface area contributed by atoms with E-state index in [9.17, 15) is 9.90 Å². The minimum Gasteiger partial charge on any atom is -0.389 e. The highest BCUT2D eigenvalue weighted by molar-refractivity contribution is 5.85. The number of nitrogens with one attached hydrogen (secondary N) is 1. The van der Waals surface area contributed by atoms with Gasteiger partial charge in [-0.1, -0.05) is 30.3 Å². The summed E-state index contributed by atoms with van der Waals surface area (Å²) in [7, 11) is 0. The Labute approximate surface area is 125 Å². The number of ether oxygens (including phenoxy) is 1. The van der Waals surface area contributed by atoms with Gasteiger partial charge in [-0.3, -0.25) is 4.79 Å². The fraction of sp³-hybridized carbons (Fsp3) is 0.588. The van der Waals surface area contributed by atoms with Gasteiger partial charge in [0.1, 0.15) is 0 Å². The zero-order chi connectivity index (χ0) is 14.7. The first-order chi connectivity index (χ1) is 10.2. The number of benzene rings is 1. The van der Waals surface area contributed by atoms with Crippen molar-refractivity contribution in [3.05, 3.63) is 35.9 Å². The maximum atomic E-state index is 12.5. The molecule has 2 N–H and O–H groups in total. The van der Waals surface area contributed by atoms with E-state index in [2.05, 4.69) is 17.4 Å². The molecule has 1 aliphatic heterocycles. The highest BCUT2D eigenvalue weighted by Gasteiger charge is 2.49. The summed E-state index contributed by atoms with van der Waals surface area (Å²) in [6.45, 7) is 0.932. The molecule has 3 rings (SSSR count). The van der Waals surface area contributed by atoms with Crippen LogP contribution in [0.15, 0.2) is 30.3 Å². The van der Waals surface area contributed by atoms with Gasteiger partial charge < -0.3 is 15.2 Å². The molecule has 1 saturated heterocycles. The van der Waals surface area contributed by atoms with Crippen LogP contribution in [-0.2, 0) is 16.0 Å². The van der Waals surface area contributed by atoms with Crippen molar-refractivity contribution in [3.8, 4) is 0 Å². The van der Waals surface area contributed by atoms with Gasteiger partial charge in [0, 0.05) is 12.0 Å². The van der Waals surface area contributed by atoms with Crippen LogP contribution in [0.4, 0.5) is 0 Å². The minimum atomic E-state index is -0.576. The zero-order valence-corrected chi connectivity index (χ0v) is 12.3. The Morgan fingerprint density at radius 2 is 2.10 bits per heavy atom. The van der Waals surface area contributed by atoms with Crippen molar-refractivity contribution in [1.82, 2.24) is 5.32 Å². The Hall–Kier alpha value is -1.39. The number of hydrogen-bond acceptors (Lipinski definition) is 3. The number of hydrogen-bond donors (Lipinski definition) is 2. The van der Waals surface area contributed by atoms with Gasteiger partial charge in [0.25, 0.3) is 0 Å². The molecule has 2 atom stereocenters. The van der Waals surface area contributed by atoms with Crippen molar-refractivity contribution in [2.45, 2.75) is 44.2 Å². The van der Waals surface area contributed by atoms with E-state index in [1.807, 2.05) is 18.2 Å². The fourth-order valence-electron chi connectivity index (χ4n) is 2.98. The van der Waals surface area contributed by atoms with Crippen LogP contribution >= 0.6 is 0 Å². The molecule has 4 heteroatoms. The molecule has 0 radical (unpaired) electrons. The number of aliphatic hydroxyl groups is 1. The normalized spacial score (nSPS) is 27.1. The molecule has 0 aromatic heterocycles. The Kier molecular flexibility index (Phi) is 4.27.